The zero-order valence-corrected chi connectivity index (χ0v) is 22.2. The number of aromatic amines is 1. The van der Waals surface area contributed by atoms with Gasteiger partial charge in [-0.2, -0.15) is 9.61 Å². The second-order valence-electron chi connectivity index (χ2n) is 9.97. The largest absolute Gasteiger partial charge is 0.384 e. The average Bonchev–Trinajstić information content (AvgIpc) is 3.69. The lowest BCUT2D eigenvalue weighted by Gasteiger charge is -2.38. The molecule has 11 heteroatoms. The van der Waals surface area contributed by atoms with Crippen molar-refractivity contribution >= 4 is 17.2 Å². The van der Waals surface area contributed by atoms with Gasteiger partial charge in [0.05, 0.1) is 25.1 Å². The van der Waals surface area contributed by atoms with Crippen LogP contribution in [0.15, 0.2) is 67.3 Å². The number of hydrogen-bond donors (Lipinski definition) is 2. The Balaban J connectivity index is 1.26. The third-order valence-electron chi connectivity index (χ3n) is 7.59. The van der Waals surface area contributed by atoms with Crippen molar-refractivity contribution in [2.24, 2.45) is 0 Å². The lowest BCUT2D eigenvalue weighted by atomic mass is 9.75. The van der Waals surface area contributed by atoms with Gasteiger partial charge in [0.25, 0.3) is 0 Å². The van der Waals surface area contributed by atoms with E-state index in [1.54, 1.807) is 17.8 Å². The minimum absolute atomic E-state index is 0.107. The van der Waals surface area contributed by atoms with Gasteiger partial charge >= 0.3 is 0 Å². The third-order valence-corrected chi connectivity index (χ3v) is 7.59. The second kappa shape index (κ2) is 10.9. The average molecular weight is 539 g/mol. The summed E-state index contributed by atoms with van der Waals surface area (Å²) in [5.74, 6) is 0.629. The van der Waals surface area contributed by atoms with Crippen LogP contribution in [-0.2, 0) is 9.47 Å². The molecule has 3 N–H and O–H groups in total. The zero-order valence-electron chi connectivity index (χ0n) is 22.2. The van der Waals surface area contributed by atoms with Gasteiger partial charge < -0.3 is 20.2 Å². The summed E-state index contributed by atoms with van der Waals surface area (Å²) in [6, 6.07) is 15.9. The number of carbonyl (C=O) groups excluding carboxylic acids is 1. The number of methoxy groups -OCH3 is 1. The summed E-state index contributed by atoms with van der Waals surface area (Å²) >= 11 is 0. The normalized spacial score (nSPS) is 19.2. The standard InChI is InChI=1S/C29H30N8O3/c1-39-13-14-40-29(26(38)27-32-18-33-36-27)11-9-20(10-12-29)24-15-25(30)37-28(35-24)22(17-34-37)21-7-8-23(31-16-21)19-5-3-2-4-6-19/h2-8,15-18,20H,9-14,30H2,1H3,(H,32,33,36)/t20-,29+. The van der Waals surface area contributed by atoms with E-state index >= 15 is 0 Å². The van der Waals surface area contributed by atoms with Gasteiger partial charge in [0, 0.05) is 47.7 Å². The number of pyridine rings is 1. The molecule has 1 aromatic carbocycles. The van der Waals surface area contributed by atoms with Crippen LogP contribution in [0.25, 0.3) is 28.0 Å². The fourth-order valence-electron chi connectivity index (χ4n) is 5.42. The Morgan fingerprint density at radius 1 is 1.10 bits per heavy atom. The van der Waals surface area contributed by atoms with E-state index in [0.29, 0.717) is 50.4 Å². The first-order valence-electron chi connectivity index (χ1n) is 13.3. The predicted octanol–water partition coefficient (Wildman–Crippen LogP) is 4.10. The predicted molar refractivity (Wildman–Crippen MR) is 149 cm³/mol. The van der Waals surface area contributed by atoms with Crippen molar-refractivity contribution < 1.29 is 14.3 Å². The van der Waals surface area contributed by atoms with Gasteiger partial charge in [-0.1, -0.05) is 36.4 Å². The number of anilines is 1. The number of nitrogens with two attached hydrogens (primary N) is 1. The van der Waals surface area contributed by atoms with E-state index in [1.165, 1.54) is 6.33 Å². The topological polar surface area (TPSA) is 146 Å². The van der Waals surface area contributed by atoms with Gasteiger partial charge in [-0.05, 0) is 31.7 Å². The van der Waals surface area contributed by atoms with E-state index in [-0.39, 0.29) is 17.5 Å². The van der Waals surface area contributed by atoms with E-state index in [9.17, 15) is 4.79 Å². The number of nitrogen functional groups attached to an aromatic ring is 1. The van der Waals surface area contributed by atoms with E-state index in [2.05, 4.69) is 25.3 Å². The molecule has 0 aliphatic heterocycles. The molecule has 1 fully saturated rings. The molecule has 6 rings (SSSR count). The van der Waals surface area contributed by atoms with Crippen LogP contribution >= 0.6 is 0 Å². The van der Waals surface area contributed by atoms with Crippen molar-refractivity contribution in [1.29, 1.82) is 0 Å². The van der Waals surface area contributed by atoms with Crippen LogP contribution < -0.4 is 5.73 Å². The summed E-state index contributed by atoms with van der Waals surface area (Å²) in [5, 5.41) is 12.2. The van der Waals surface area contributed by atoms with E-state index < -0.39 is 5.60 Å². The van der Waals surface area contributed by atoms with Crippen LogP contribution in [0.4, 0.5) is 5.82 Å². The molecule has 5 aromatic rings. The summed E-state index contributed by atoms with van der Waals surface area (Å²) in [6.07, 6.45) is 7.45. The molecule has 204 valence electrons. The molecule has 0 spiro atoms. The quantitative estimate of drug-likeness (QED) is 0.209. The van der Waals surface area contributed by atoms with Gasteiger partial charge in [-0.15, -0.1) is 10.2 Å². The molecule has 0 atom stereocenters. The Hall–Kier alpha value is -4.48. The molecule has 0 radical (unpaired) electrons. The number of Topliss-reactive ketones (excluding diaryl/α,β-unsaturated/α-hetero) is 1. The Morgan fingerprint density at radius 3 is 2.62 bits per heavy atom. The molecule has 4 aromatic heterocycles. The molecular weight excluding hydrogens is 508 g/mol. The first kappa shape index (κ1) is 25.8. The first-order chi connectivity index (χ1) is 19.6. The highest BCUT2D eigenvalue weighted by molar-refractivity contribution is 5.99. The van der Waals surface area contributed by atoms with Crippen LogP contribution in [0.2, 0.25) is 0 Å². The van der Waals surface area contributed by atoms with Crippen molar-refractivity contribution in [3.8, 4) is 22.4 Å². The Labute approximate surface area is 230 Å². The molecule has 4 heterocycles. The number of nitrogens with one attached hydrogen (secondary N) is 1. The maximum atomic E-state index is 13.4. The maximum Gasteiger partial charge on any atom is 0.231 e. The van der Waals surface area contributed by atoms with Gasteiger partial charge in [-0.25, -0.2) is 4.98 Å². The SMILES string of the molecule is COCCO[C@]1(C(=O)c2nnc[nH]2)CC[C@H](c2cc(N)n3ncc(-c4ccc(-c5ccccc5)nc4)c3n2)CC1. The number of benzene rings is 1. The highest BCUT2D eigenvalue weighted by Crippen LogP contribution is 2.41. The number of hydrogen-bond acceptors (Lipinski definition) is 9. The first-order valence-corrected chi connectivity index (χ1v) is 13.3. The maximum absolute atomic E-state index is 13.4. The van der Waals surface area contributed by atoms with Crippen LogP contribution in [0, 0.1) is 0 Å². The number of fused-ring (bicyclic) bond motifs is 1. The number of aromatic nitrogens is 7. The summed E-state index contributed by atoms with van der Waals surface area (Å²) in [5.41, 5.74) is 10.7. The van der Waals surface area contributed by atoms with Crippen molar-refractivity contribution in [2.45, 2.75) is 37.2 Å². The number of rotatable bonds is 9. The van der Waals surface area contributed by atoms with Gasteiger partial charge in [0.2, 0.25) is 5.78 Å². The van der Waals surface area contributed by atoms with Gasteiger partial charge in [0.1, 0.15) is 17.7 Å². The molecule has 0 unspecified atom stereocenters. The molecule has 0 saturated heterocycles. The van der Waals surface area contributed by atoms with Crippen molar-refractivity contribution in [3.63, 3.8) is 0 Å². The molecule has 40 heavy (non-hydrogen) atoms. The third kappa shape index (κ3) is 4.85. The monoisotopic (exact) mass is 538 g/mol. The molecule has 1 saturated carbocycles. The summed E-state index contributed by atoms with van der Waals surface area (Å²) in [7, 11) is 1.61. The van der Waals surface area contributed by atoms with Crippen molar-refractivity contribution in [1.82, 2.24) is 34.8 Å². The number of nitrogens with zero attached hydrogens (tertiary/aromatic N) is 6. The number of H-pyrrole nitrogens is 1. The lowest BCUT2D eigenvalue weighted by Crippen LogP contribution is -2.46. The molecule has 1 aliphatic rings. The Morgan fingerprint density at radius 2 is 1.93 bits per heavy atom. The van der Waals surface area contributed by atoms with Crippen molar-refractivity contribution in [3.05, 3.63) is 78.8 Å². The second-order valence-corrected chi connectivity index (χ2v) is 9.97. The van der Waals surface area contributed by atoms with Gasteiger partial charge in [-0.3, -0.25) is 9.78 Å². The Kier molecular flexibility index (Phi) is 7.06. The molecule has 0 bridgehead atoms. The minimum atomic E-state index is -0.988. The lowest BCUT2D eigenvalue weighted by molar-refractivity contribution is -0.0635. The summed E-state index contributed by atoms with van der Waals surface area (Å²) in [4.78, 5) is 25.9. The van der Waals surface area contributed by atoms with Crippen LogP contribution in [0.1, 0.15) is 47.9 Å². The number of ketones is 1. The van der Waals surface area contributed by atoms with E-state index in [4.69, 9.17) is 20.2 Å². The molecule has 1 aliphatic carbocycles. The molecular formula is C29H30N8O3. The fraction of sp³-hybridized carbons (Fsp3) is 0.310. The zero-order chi connectivity index (χ0) is 27.5. The highest BCUT2D eigenvalue weighted by atomic mass is 16.5. The van der Waals surface area contributed by atoms with Crippen LogP contribution in [0.5, 0.6) is 0 Å². The van der Waals surface area contributed by atoms with Crippen LogP contribution in [0.3, 0.4) is 0 Å². The fourth-order valence-corrected chi connectivity index (χ4v) is 5.42. The number of carbonyl (C=O) groups is 1. The minimum Gasteiger partial charge on any atom is -0.384 e. The summed E-state index contributed by atoms with van der Waals surface area (Å²) < 4.78 is 13.0. The van der Waals surface area contributed by atoms with E-state index in [1.807, 2.05) is 54.7 Å². The number of ether oxygens (including phenoxy) is 2. The smallest absolute Gasteiger partial charge is 0.231 e. The van der Waals surface area contributed by atoms with Crippen LogP contribution in [-0.4, -0.2) is 66.5 Å². The molecule has 0 amide bonds. The van der Waals surface area contributed by atoms with E-state index in [0.717, 1.165) is 28.1 Å². The molecule has 11 nitrogen and oxygen atoms in total. The Bertz CT molecular complexity index is 1590. The highest BCUT2D eigenvalue weighted by Gasteiger charge is 2.45. The summed E-state index contributed by atoms with van der Waals surface area (Å²) in [6.45, 7) is 0.712. The van der Waals surface area contributed by atoms with Crippen molar-refractivity contribution in [2.75, 3.05) is 26.1 Å². The van der Waals surface area contributed by atoms with Gasteiger partial charge in [0.15, 0.2) is 11.5 Å².